The third-order valence-electron chi connectivity index (χ3n) is 3.03. The smallest absolute Gasteiger partial charge is 0.221 e. The van der Waals surface area contributed by atoms with Crippen LogP contribution in [-0.2, 0) is 11.3 Å². The number of benzene rings is 1. The average Bonchev–Trinajstić information content (AvgIpc) is 2.44. The van der Waals surface area contributed by atoms with Gasteiger partial charge in [-0.05, 0) is 30.0 Å². The molecule has 0 aliphatic heterocycles. The Morgan fingerprint density at radius 1 is 1.41 bits per heavy atom. The van der Waals surface area contributed by atoms with Gasteiger partial charge < -0.3 is 21.1 Å². The van der Waals surface area contributed by atoms with Gasteiger partial charge in [0, 0.05) is 13.5 Å². The second kappa shape index (κ2) is 8.92. The van der Waals surface area contributed by atoms with Crippen molar-refractivity contribution in [1.29, 1.82) is 0 Å². The fourth-order valence-electron chi connectivity index (χ4n) is 1.86. The lowest BCUT2D eigenvalue weighted by Gasteiger charge is -2.11. The van der Waals surface area contributed by atoms with Gasteiger partial charge in [0.15, 0.2) is 5.96 Å². The number of anilines is 1. The number of guanidine groups is 1. The van der Waals surface area contributed by atoms with Crippen LogP contribution >= 0.6 is 0 Å². The molecule has 0 unspecified atom stereocenters. The molecule has 0 saturated heterocycles. The summed E-state index contributed by atoms with van der Waals surface area (Å²) in [5.41, 5.74) is 7.40. The van der Waals surface area contributed by atoms with Crippen molar-refractivity contribution in [3.63, 3.8) is 0 Å². The maximum atomic E-state index is 11.2. The van der Waals surface area contributed by atoms with Crippen LogP contribution in [0.3, 0.4) is 0 Å². The number of amides is 1. The molecule has 0 aliphatic carbocycles. The Bertz CT molecular complexity index is 527. The van der Waals surface area contributed by atoms with Crippen molar-refractivity contribution >= 4 is 17.6 Å². The molecule has 4 N–H and O–H groups in total. The second-order valence-corrected chi connectivity index (χ2v) is 5.53. The number of rotatable bonds is 7. The molecule has 1 aromatic rings. The van der Waals surface area contributed by atoms with Crippen LogP contribution in [0.15, 0.2) is 23.2 Å². The molecule has 1 aromatic carbocycles. The Kier molecular flexibility index (Phi) is 7.22. The van der Waals surface area contributed by atoms with Crippen molar-refractivity contribution in [2.75, 3.05) is 19.0 Å². The van der Waals surface area contributed by atoms with Crippen molar-refractivity contribution in [3.05, 3.63) is 23.8 Å². The summed E-state index contributed by atoms with van der Waals surface area (Å²) in [5, 5.41) is 5.83. The molecule has 0 atom stereocenters. The van der Waals surface area contributed by atoms with E-state index in [2.05, 4.69) is 29.5 Å². The van der Waals surface area contributed by atoms with E-state index in [1.165, 1.54) is 6.92 Å². The van der Waals surface area contributed by atoms with Crippen LogP contribution in [0, 0.1) is 5.92 Å². The first-order chi connectivity index (χ1) is 10.4. The third-order valence-corrected chi connectivity index (χ3v) is 3.03. The van der Waals surface area contributed by atoms with E-state index in [9.17, 15) is 4.79 Å². The number of carbonyl (C=O) groups excluding carboxylic acids is 1. The molecule has 6 heteroatoms. The van der Waals surface area contributed by atoms with E-state index < -0.39 is 0 Å². The highest BCUT2D eigenvalue weighted by molar-refractivity contribution is 5.90. The van der Waals surface area contributed by atoms with Crippen molar-refractivity contribution in [1.82, 2.24) is 5.32 Å². The van der Waals surface area contributed by atoms with Crippen LogP contribution < -0.4 is 21.1 Å². The second-order valence-electron chi connectivity index (χ2n) is 5.53. The van der Waals surface area contributed by atoms with E-state index in [1.807, 2.05) is 12.1 Å². The molecular weight excluding hydrogens is 280 g/mol. The normalized spacial score (nSPS) is 11.4. The van der Waals surface area contributed by atoms with E-state index in [1.54, 1.807) is 13.2 Å². The number of nitrogens with zero attached hydrogens (tertiary/aromatic N) is 1. The number of aliphatic imine (C=N–C) groups is 1. The van der Waals surface area contributed by atoms with Gasteiger partial charge in [0.05, 0.1) is 19.3 Å². The molecule has 0 spiro atoms. The zero-order valence-electron chi connectivity index (χ0n) is 13.8. The minimum atomic E-state index is -0.145. The quantitative estimate of drug-likeness (QED) is 0.531. The lowest BCUT2D eigenvalue weighted by molar-refractivity contribution is -0.114. The molecule has 0 fully saturated rings. The molecule has 0 saturated carbocycles. The summed E-state index contributed by atoms with van der Waals surface area (Å²) in [4.78, 5) is 15.5. The largest absolute Gasteiger partial charge is 0.495 e. The van der Waals surface area contributed by atoms with E-state index in [0.717, 1.165) is 18.5 Å². The Morgan fingerprint density at radius 3 is 2.73 bits per heavy atom. The summed E-state index contributed by atoms with van der Waals surface area (Å²) in [6.07, 6.45) is 1.05. The Morgan fingerprint density at radius 2 is 2.14 bits per heavy atom. The van der Waals surface area contributed by atoms with Crippen LogP contribution in [0.1, 0.15) is 32.8 Å². The first-order valence-electron chi connectivity index (χ1n) is 7.40. The molecule has 0 aromatic heterocycles. The summed E-state index contributed by atoms with van der Waals surface area (Å²) < 4.78 is 5.21. The molecule has 1 amide bonds. The highest BCUT2D eigenvalue weighted by Crippen LogP contribution is 2.25. The van der Waals surface area contributed by atoms with Gasteiger partial charge in [-0.3, -0.25) is 4.79 Å². The number of ether oxygens (including phenoxy) is 1. The number of hydrogen-bond acceptors (Lipinski definition) is 3. The summed E-state index contributed by atoms with van der Waals surface area (Å²) in [6.45, 7) is 7.04. The maximum Gasteiger partial charge on any atom is 0.221 e. The SMILES string of the molecule is COc1ccc(CN=C(N)NCCC(C)C)cc1NC(C)=O. The third kappa shape index (κ3) is 6.47. The minimum absolute atomic E-state index is 0.145. The molecule has 0 bridgehead atoms. The van der Waals surface area contributed by atoms with Gasteiger partial charge in [-0.15, -0.1) is 0 Å². The number of hydrogen-bond donors (Lipinski definition) is 3. The monoisotopic (exact) mass is 306 g/mol. The Balaban J connectivity index is 2.67. The summed E-state index contributed by atoms with van der Waals surface area (Å²) >= 11 is 0. The zero-order chi connectivity index (χ0) is 16.5. The van der Waals surface area contributed by atoms with Gasteiger partial charge in [0.1, 0.15) is 5.75 Å². The molecule has 0 radical (unpaired) electrons. The molecule has 0 aliphatic rings. The summed E-state index contributed by atoms with van der Waals surface area (Å²) in [6, 6.07) is 5.54. The van der Waals surface area contributed by atoms with Crippen molar-refractivity contribution < 1.29 is 9.53 Å². The highest BCUT2D eigenvalue weighted by atomic mass is 16.5. The highest BCUT2D eigenvalue weighted by Gasteiger charge is 2.06. The Labute approximate surface area is 132 Å². The minimum Gasteiger partial charge on any atom is -0.495 e. The fraction of sp³-hybridized carbons (Fsp3) is 0.500. The lowest BCUT2D eigenvalue weighted by Crippen LogP contribution is -2.32. The predicted octanol–water partition coefficient (Wildman–Crippen LogP) is 2.10. The van der Waals surface area contributed by atoms with E-state index in [-0.39, 0.29) is 5.91 Å². The van der Waals surface area contributed by atoms with E-state index in [0.29, 0.717) is 29.9 Å². The van der Waals surface area contributed by atoms with E-state index >= 15 is 0 Å². The fourth-order valence-corrected chi connectivity index (χ4v) is 1.86. The number of carbonyl (C=O) groups is 1. The number of nitrogens with two attached hydrogens (primary N) is 1. The van der Waals surface area contributed by atoms with Crippen molar-refractivity contribution in [3.8, 4) is 5.75 Å². The van der Waals surface area contributed by atoms with Crippen LogP contribution in [0.2, 0.25) is 0 Å². The maximum absolute atomic E-state index is 11.2. The molecule has 122 valence electrons. The standard InChI is InChI=1S/C16H26N4O2/c1-11(2)7-8-18-16(17)19-10-13-5-6-15(22-4)14(9-13)20-12(3)21/h5-6,9,11H,7-8,10H2,1-4H3,(H,20,21)(H3,17,18,19). The topological polar surface area (TPSA) is 88.7 Å². The van der Waals surface area contributed by atoms with Crippen LogP contribution in [0.25, 0.3) is 0 Å². The number of nitrogens with one attached hydrogen (secondary N) is 2. The lowest BCUT2D eigenvalue weighted by atomic mass is 10.1. The van der Waals surface area contributed by atoms with Crippen molar-refractivity contribution in [2.24, 2.45) is 16.6 Å². The van der Waals surface area contributed by atoms with Crippen LogP contribution in [0.5, 0.6) is 5.75 Å². The number of methoxy groups -OCH3 is 1. The van der Waals surface area contributed by atoms with Crippen LogP contribution in [0.4, 0.5) is 5.69 Å². The van der Waals surface area contributed by atoms with Gasteiger partial charge in [-0.2, -0.15) is 0 Å². The van der Waals surface area contributed by atoms with Gasteiger partial charge >= 0.3 is 0 Å². The van der Waals surface area contributed by atoms with E-state index in [4.69, 9.17) is 10.5 Å². The van der Waals surface area contributed by atoms with Crippen molar-refractivity contribution in [2.45, 2.75) is 33.7 Å². The van der Waals surface area contributed by atoms with Gasteiger partial charge in [-0.25, -0.2) is 4.99 Å². The average molecular weight is 306 g/mol. The molecule has 6 nitrogen and oxygen atoms in total. The van der Waals surface area contributed by atoms with Gasteiger partial charge in [0.25, 0.3) is 0 Å². The molecule has 1 rings (SSSR count). The van der Waals surface area contributed by atoms with Crippen LogP contribution in [-0.4, -0.2) is 25.5 Å². The molecule has 22 heavy (non-hydrogen) atoms. The molecule has 0 heterocycles. The zero-order valence-corrected chi connectivity index (χ0v) is 13.8. The Hall–Kier alpha value is -2.24. The summed E-state index contributed by atoms with van der Waals surface area (Å²) in [7, 11) is 1.56. The van der Waals surface area contributed by atoms with Gasteiger partial charge in [0.2, 0.25) is 5.91 Å². The first-order valence-corrected chi connectivity index (χ1v) is 7.40. The first kappa shape index (κ1) is 17.8. The molecular formula is C16H26N4O2. The summed E-state index contributed by atoms with van der Waals surface area (Å²) in [5.74, 6) is 1.53. The predicted molar refractivity (Wildman–Crippen MR) is 90.1 cm³/mol. The van der Waals surface area contributed by atoms with Gasteiger partial charge in [-0.1, -0.05) is 19.9 Å².